The van der Waals surface area contributed by atoms with Crippen LogP contribution in [-0.2, 0) is 11.3 Å². The topological polar surface area (TPSA) is 42.3 Å². The fraction of sp³-hybridized carbons (Fsp3) is 0.130. The van der Waals surface area contributed by atoms with Gasteiger partial charge >= 0.3 is 0 Å². The lowest BCUT2D eigenvalue weighted by Crippen LogP contribution is -2.27. The van der Waals surface area contributed by atoms with Crippen molar-refractivity contribution >= 4 is 67.5 Å². The molecule has 1 aliphatic rings. The van der Waals surface area contributed by atoms with Gasteiger partial charge in [0.2, 0.25) is 0 Å². The van der Waals surface area contributed by atoms with E-state index < -0.39 is 0 Å². The van der Waals surface area contributed by atoms with Crippen molar-refractivity contribution < 1.29 is 9.59 Å². The minimum Gasteiger partial charge on any atom is -0.318 e. The Balaban J connectivity index is 1.63. The van der Waals surface area contributed by atoms with Gasteiger partial charge in [-0.3, -0.25) is 14.5 Å². The number of thioether (sulfide) groups is 1. The van der Waals surface area contributed by atoms with E-state index >= 15 is 0 Å². The Morgan fingerprint density at radius 2 is 1.77 bits per heavy atom. The van der Waals surface area contributed by atoms with Gasteiger partial charge in [-0.05, 0) is 102 Å². The molecule has 1 saturated heterocycles. The molecule has 1 fully saturated rings. The monoisotopic (exact) mass is 592 g/mol. The molecule has 7 heteroatoms. The van der Waals surface area contributed by atoms with Crippen LogP contribution in [0.4, 0.5) is 4.79 Å². The van der Waals surface area contributed by atoms with E-state index in [1.807, 2.05) is 44.2 Å². The molecule has 1 aromatic heterocycles. The van der Waals surface area contributed by atoms with Crippen LogP contribution in [0.1, 0.15) is 22.5 Å². The summed E-state index contributed by atoms with van der Waals surface area (Å²) in [5, 5.41) is -0.242. The molecule has 2 heterocycles. The van der Waals surface area contributed by atoms with E-state index in [4.69, 9.17) is 0 Å². The van der Waals surface area contributed by atoms with Crippen LogP contribution in [0, 0.1) is 17.4 Å². The van der Waals surface area contributed by atoms with Crippen LogP contribution < -0.4 is 0 Å². The number of imide groups is 1. The molecule has 4 nitrogen and oxygen atoms in total. The number of halogens is 2. The number of aromatic nitrogens is 1. The molecule has 0 aliphatic carbocycles. The lowest BCUT2D eigenvalue weighted by atomic mass is 10.2. The van der Waals surface area contributed by atoms with Crippen LogP contribution in [0.15, 0.2) is 64.0 Å². The van der Waals surface area contributed by atoms with Crippen LogP contribution in [0.5, 0.6) is 0 Å². The van der Waals surface area contributed by atoms with Crippen molar-refractivity contribution in [1.82, 2.24) is 9.47 Å². The SMILES string of the molecule is Cc1cc(/C=C2\SC(=O)N(Cc3ccccc3Br)C2=O)c(C)n1-c1ccc(I)cc1. The quantitative estimate of drug-likeness (QED) is 0.250. The van der Waals surface area contributed by atoms with Crippen LogP contribution >= 0.6 is 50.3 Å². The second-order valence-electron chi connectivity index (χ2n) is 7.00. The van der Waals surface area contributed by atoms with E-state index in [0.717, 1.165) is 44.4 Å². The molecule has 0 spiro atoms. The first kappa shape index (κ1) is 21.4. The van der Waals surface area contributed by atoms with Crippen molar-refractivity contribution in [3.63, 3.8) is 0 Å². The van der Waals surface area contributed by atoms with Crippen molar-refractivity contribution in [2.45, 2.75) is 20.4 Å². The third kappa shape index (κ3) is 4.15. The standard InChI is InChI=1S/C23H18BrIN2O2S/c1-14-11-17(15(2)27(14)19-9-7-18(25)8-10-19)12-21-22(28)26(23(29)30-21)13-16-5-3-4-6-20(16)24/h3-12H,13H2,1-2H3/b21-12-. The zero-order valence-electron chi connectivity index (χ0n) is 16.4. The maximum Gasteiger partial charge on any atom is 0.293 e. The number of carbonyl (C=O) groups excluding carboxylic acids is 2. The van der Waals surface area contributed by atoms with Crippen molar-refractivity contribution in [2.75, 3.05) is 0 Å². The van der Waals surface area contributed by atoms with E-state index in [2.05, 4.69) is 73.4 Å². The summed E-state index contributed by atoms with van der Waals surface area (Å²) in [5.41, 5.74) is 5.03. The van der Waals surface area contributed by atoms with Gasteiger partial charge in [-0.25, -0.2) is 0 Å². The van der Waals surface area contributed by atoms with Crippen molar-refractivity contribution in [1.29, 1.82) is 0 Å². The Bertz CT molecular complexity index is 1180. The molecule has 0 N–H and O–H groups in total. The zero-order valence-corrected chi connectivity index (χ0v) is 20.9. The lowest BCUT2D eigenvalue weighted by Gasteiger charge is -2.13. The van der Waals surface area contributed by atoms with Crippen LogP contribution in [0.2, 0.25) is 0 Å². The molecule has 1 aliphatic heterocycles. The van der Waals surface area contributed by atoms with Crippen molar-refractivity contribution in [3.8, 4) is 5.69 Å². The van der Waals surface area contributed by atoms with E-state index in [9.17, 15) is 9.59 Å². The van der Waals surface area contributed by atoms with Crippen LogP contribution in [0.3, 0.4) is 0 Å². The summed E-state index contributed by atoms with van der Waals surface area (Å²) in [6, 6.07) is 18.0. The van der Waals surface area contributed by atoms with Crippen LogP contribution in [-0.4, -0.2) is 20.6 Å². The summed E-state index contributed by atoms with van der Waals surface area (Å²) in [6.45, 7) is 4.33. The third-order valence-electron chi connectivity index (χ3n) is 5.00. The Labute approximate surface area is 201 Å². The summed E-state index contributed by atoms with van der Waals surface area (Å²) < 4.78 is 4.22. The summed E-state index contributed by atoms with van der Waals surface area (Å²) in [5.74, 6) is -0.250. The average Bonchev–Trinajstić information content (AvgIpc) is 3.14. The second-order valence-corrected chi connectivity index (χ2v) is 10.1. The first-order valence-electron chi connectivity index (χ1n) is 9.29. The normalized spacial score (nSPS) is 15.5. The lowest BCUT2D eigenvalue weighted by molar-refractivity contribution is -0.123. The largest absolute Gasteiger partial charge is 0.318 e. The van der Waals surface area contributed by atoms with Gasteiger partial charge in [-0.2, -0.15) is 0 Å². The minimum absolute atomic E-state index is 0.242. The van der Waals surface area contributed by atoms with E-state index in [1.165, 1.54) is 8.47 Å². The first-order chi connectivity index (χ1) is 14.3. The Morgan fingerprint density at radius 1 is 1.07 bits per heavy atom. The maximum atomic E-state index is 12.9. The maximum absolute atomic E-state index is 12.9. The highest BCUT2D eigenvalue weighted by Gasteiger charge is 2.35. The Hall–Kier alpha value is -1.84. The van der Waals surface area contributed by atoms with Gasteiger partial charge in [0.25, 0.3) is 11.1 Å². The summed E-state index contributed by atoms with van der Waals surface area (Å²) in [7, 11) is 0. The van der Waals surface area contributed by atoms with Crippen molar-refractivity contribution in [2.24, 2.45) is 0 Å². The molecular weight excluding hydrogens is 575 g/mol. The summed E-state index contributed by atoms with van der Waals surface area (Å²) in [4.78, 5) is 27.2. The molecule has 2 amide bonds. The highest BCUT2D eigenvalue weighted by atomic mass is 127. The first-order valence-corrected chi connectivity index (χ1v) is 12.0. The second kappa shape index (κ2) is 8.72. The average molecular weight is 593 g/mol. The van der Waals surface area contributed by atoms with E-state index in [-0.39, 0.29) is 17.7 Å². The highest BCUT2D eigenvalue weighted by molar-refractivity contribution is 14.1. The molecule has 0 bridgehead atoms. The molecule has 0 saturated carbocycles. The third-order valence-corrected chi connectivity index (χ3v) is 7.40. The van der Waals surface area contributed by atoms with Gasteiger partial charge in [0.1, 0.15) is 0 Å². The number of rotatable bonds is 4. The molecule has 4 rings (SSSR count). The number of nitrogens with zero attached hydrogens (tertiary/aromatic N) is 2. The zero-order chi connectivity index (χ0) is 21.4. The fourth-order valence-electron chi connectivity index (χ4n) is 3.50. The number of aryl methyl sites for hydroxylation is 1. The molecule has 3 aromatic rings. The highest BCUT2D eigenvalue weighted by Crippen LogP contribution is 2.35. The Morgan fingerprint density at radius 3 is 2.47 bits per heavy atom. The molecular formula is C23H18BrIN2O2S. The van der Waals surface area contributed by atoms with Gasteiger partial charge < -0.3 is 4.57 Å². The molecule has 0 atom stereocenters. The van der Waals surface area contributed by atoms with Crippen LogP contribution in [0.25, 0.3) is 11.8 Å². The van der Waals surface area contributed by atoms with Gasteiger partial charge in [0.15, 0.2) is 0 Å². The summed E-state index contributed by atoms with van der Waals surface area (Å²) >= 11 is 6.77. The predicted molar refractivity (Wildman–Crippen MR) is 134 cm³/mol. The number of carbonyl (C=O) groups is 2. The van der Waals surface area contributed by atoms with Gasteiger partial charge in [0.05, 0.1) is 11.4 Å². The number of benzene rings is 2. The van der Waals surface area contributed by atoms with E-state index in [0.29, 0.717) is 4.91 Å². The summed E-state index contributed by atoms with van der Waals surface area (Å²) in [6.07, 6.45) is 1.83. The molecule has 2 aromatic carbocycles. The van der Waals surface area contributed by atoms with E-state index in [1.54, 1.807) is 0 Å². The minimum atomic E-state index is -0.250. The number of hydrogen-bond acceptors (Lipinski definition) is 3. The fourth-order valence-corrected chi connectivity index (χ4v) is 5.09. The van der Waals surface area contributed by atoms with Gasteiger partial charge in [-0.15, -0.1) is 0 Å². The predicted octanol–water partition coefficient (Wildman–Crippen LogP) is 6.70. The Kier molecular flexibility index (Phi) is 6.22. The number of amides is 2. The van der Waals surface area contributed by atoms with Crippen molar-refractivity contribution in [3.05, 3.63) is 90.1 Å². The molecule has 0 radical (unpaired) electrons. The smallest absolute Gasteiger partial charge is 0.293 e. The van der Waals surface area contributed by atoms with Gasteiger partial charge in [0, 0.05) is 25.1 Å². The molecule has 0 unspecified atom stereocenters. The number of hydrogen-bond donors (Lipinski definition) is 0. The molecule has 152 valence electrons. The molecule has 30 heavy (non-hydrogen) atoms. The van der Waals surface area contributed by atoms with Gasteiger partial charge in [-0.1, -0.05) is 34.1 Å².